The molecule has 0 saturated carbocycles. The zero-order chi connectivity index (χ0) is 11.0. The van der Waals surface area contributed by atoms with E-state index in [9.17, 15) is 9.90 Å². The molecule has 2 N–H and O–H groups in total. The Kier molecular flexibility index (Phi) is 7.11. The van der Waals surface area contributed by atoms with E-state index in [2.05, 4.69) is 13.5 Å². The Morgan fingerprint density at radius 3 is 2.57 bits per heavy atom. The Bertz CT molecular complexity index is 177. The normalized spacial score (nSPS) is 14.7. The second-order valence-electron chi connectivity index (χ2n) is 3.53. The van der Waals surface area contributed by atoms with Gasteiger partial charge in [-0.05, 0) is 12.8 Å². The number of carbonyl (C=O) groups is 1. The maximum Gasteiger partial charge on any atom is 0.309 e. The smallest absolute Gasteiger partial charge is 0.309 e. The molecule has 0 amide bonds. The molecule has 0 aromatic heterocycles. The van der Waals surface area contributed by atoms with Crippen LogP contribution in [0.1, 0.15) is 39.0 Å². The van der Waals surface area contributed by atoms with Crippen LogP contribution in [0.15, 0.2) is 12.7 Å². The van der Waals surface area contributed by atoms with Crippen LogP contribution in [0.3, 0.4) is 0 Å². The summed E-state index contributed by atoms with van der Waals surface area (Å²) in [7, 11) is 0. The Balaban J connectivity index is 3.94. The highest BCUT2D eigenvalue weighted by molar-refractivity contribution is 5.70. The number of rotatable bonds is 8. The third-order valence-corrected chi connectivity index (χ3v) is 2.31. The van der Waals surface area contributed by atoms with Gasteiger partial charge in [-0.25, -0.2) is 0 Å². The van der Waals surface area contributed by atoms with Crippen molar-refractivity contribution >= 4 is 5.97 Å². The summed E-state index contributed by atoms with van der Waals surface area (Å²) < 4.78 is 0. The molecule has 14 heavy (non-hydrogen) atoms. The fourth-order valence-corrected chi connectivity index (χ4v) is 1.41. The first-order valence-electron chi connectivity index (χ1n) is 5.15. The molecule has 0 aromatic rings. The maximum atomic E-state index is 10.8. The highest BCUT2D eigenvalue weighted by Crippen LogP contribution is 2.16. The summed E-state index contributed by atoms with van der Waals surface area (Å²) in [5, 5.41) is 18.4. The molecular formula is C11H20O3. The fraction of sp³-hybridized carbons (Fsp3) is 0.727. The van der Waals surface area contributed by atoms with E-state index >= 15 is 0 Å². The molecule has 82 valence electrons. The van der Waals surface area contributed by atoms with E-state index in [4.69, 9.17) is 5.11 Å². The number of carboxylic acid groups (broad SMARTS) is 1. The second kappa shape index (κ2) is 7.56. The first-order valence-corrected chi connectivity index (χ1v) is 5.15. The zero-order valence-corrected chi connectivity index (χ0v) is 8.78. The van der Waals surface area contributed by atoms with Gasteiger partial charge >= 0.3 is 5.97 Å². The topological polar surface area (TPSA) is 57.5 Å². The van der Waals surface area contributed by atoms with E-state index in [1.165, 1.54) is 0 Å². The van der Waals surface area contributed by atoms with Crippen molar-refractivity contribution in [1.29, 1.82) is 0 Å². The van der Waals surface area contributed by atoms with Gasteiger partial charge in [-0.2, -0.15) is 0 Å². The van der Waals surface area contributed by atoms with Crippen LogP contribution in [0.2, 0.25) is 0 Å². The molecule has 0 aliphatic rings. The summed E-state index contributed by atoms with van der Waals surface area (Å²) in [5.41, 5.74) is 0. The van der Waals surface area contributed by atoms with Crippen molar-refractivity contribution in [1.82, 2.24) is 0 Å². The van der Waals surface area contributed by atoms with Crippen molar-refractivity contribution < 1.29 is 15.0 Å². The minimum Gasteiger partial charge on any atom is -0.481 e. The predicted molar refractivity (Wildman–Crippen MR) is 56.1 cm³/mol. The lowest BCUT2D eigenvalue weighted by Gasteiger charge is -2.17. The minimum atomic E-state index is -0.936. The molecule has 0 heterocycles. The average Bonchev–Trinajstić information content (AvgIpc) is 2.13. The van der Waals surface area contributed by atoms with Crippen LogP contribution in [-0.2, 0) is 4.79 Å². The number of aliphatic carboxylic acids is 1. The molecule has 0 aromatic carbocycles. The number of hydrogen-bond donors (Lipinski definition) is 2. The van der Waals surface area contributed by atoms with Gasteiger partial charge in [0.05, 0.1) is 12.0 Å². The molecular weight excluding hydrogens is 180 g/mol. The lowest BCUT2D eigenvalue weighted by molar-refractivity contribution is -0.145. The summed E-state index contributed by atoms with van der Waals surface area (Å²) in [6.45, 7) is 5.56. The van der Waals surface area contributed by atoms with Gasteiger partial charge in [0, 0.05) is 0 Å². The Labute approximate surface area is 85.4 Å². The first kappa shape index (κ1) is 13.2. The monoisotopic (exact) mass is 200 g/mol. The Morgan fingerprint density at radius 1 is 1.50 bits per heavy atom. The molecule has 0 rings (SSSR count). The van der Waals surface area contributed by atoms with Crippen molar-refractivity contribution in [3.8, 4) is 0 Å². The number of unbranched alkanes of at least 4 members (excludes halogenated alkanes) is 2. The maximum absolute atomic E-state index is 10.8. The van der Waals surface area contributed by atoms with Crippen LogP contribution >= 0.6 is 0 Å². The number of aliphatic hydroxyl groups excluding tert-OH is 1. The van der Waals surface area contributed by atoms with E-state index in [1.54, 1.807) is 6.08 Å². The first-order chi connectivity index (χ1) is 6.63. The average molecular weight is 200 g/mol. The van der Waals surface area contributed by atoms with Gasteiger partial charge < -0.3 is 10.2 Å². The van der Waals surface area contributed by atoms with Crippen LogP contribution in [0, 0.1) is 5.92 Å². The molecule has 0 aliphatic carbocycles. The molecule has 0 saturated heterocycles. The van der Waals surface area contributed by atoms with Gasteiger partial charge in [0.15, 0.2) is 0 Å². The predicted octanol–water partition coefficient (Wildman–Crippen LogP) is 2.20. The fourth-order valence-electron chi connectivity index (χ4n) is 1.41. The third kappa shape index (κ3) is 5.02. The summed E-state index contributed by atoms with van der Waals surface area (Å²) in [6, 6.07) is 0. The molecule has 0 fully saturated rings. The van der Waals surface area contributed by atoms with E-state index < -0.39 is 18.0 Å². The minimum absolute atomic E-state index is 0.336. The standard InChI is InChI=1S/C11H20O3/c1-3-5-6-8-10(12)9(7-4-2)11(13)14/h4,9-10,12H,2-3,5-8H2,1H3,(H,13,14). The molecule has 0 spiro atoms. The van der Waals surface area contributed by atoms with Crippen molar-refractivity contribution in [2.24, 2.45) is 5.92 Å². The zero-order valence-electron chi connectivity index (χ0n) is 8.78. The van der Waals surface area contributed by atoms with Gasteiger partial charge in [-0.3, -0.25) is 4.79 Å². The second-order valence-corrected chi connectivity index (χ2v) is 3.53. The number of aliphatic hydroxyl groups is 1. The summed E-state index contributed by atoms with van der Waals surface area (Å²) in [4.78, 5) is 10.8. The van der Waals surface area contributed by atoms with Crippen molar-refractivity contribution in [3.63, 3.8) is 0 Å². The van der Waals surface area contributed by atoms with Crippen LogP contribution in [0.5, 0.6) is 0 Å². The quantitative estimate of drug-likeness (QED) is 0.466. The number of hydrogen-bond acceptors (Lipinski definition) is 2. The third-order valence-electron chi connectivity index (χ3n) is 2.31. The molecule has 0 aliphatic heterocycles. The lowest BCUT2D eigenvalue weighted by Crippen LogP contribution is -2.27. The molecule has 3 nitrogen and oxygen atoms in total. The molecule has 0 radical (unpaired) electrons. The van der Waals surface area contributed by atoms with Gasteiger partial charge in [0.1, 0.15) is 0 Å². The number of carboxylic acids is 1. The van der Waals surface area contributed by atoms with Crippen molar-refractivity contribution in [2.75, 3.05) is 0 Å². The highest BCUT2D eigenvalue weighted by atomic mass is 16.4. The Hall–Kier alpha value is -0.830. The Morgan fingerprint density at radius 2 is 2.14 bits per heavy atom. The molecule has 3 heteroatoms. The van der Waals surface area contributed by atoms with E-state index in [0.29, 0.717) is 12.8 Å². The SMILES string of the molecule is C=CCC(C(=O)O)C(O)CCCCC. The van der Waals surface area contributed by atoms with E-state index in [-0.39, 0.29) is 0 Å². The van der Waals surface area contributed by atoms with Crippen LogP contribution in [0.4, 0.5) is 0 Å². The van der Waals surface area contributed by atoms with Crippen LogP contribution < -0.4 is 0 Å². The molecule has 2 atom stereocenters. The summed E-state index contributed by atoms with van der Waals surface area (Å²) in [6.07, 6.45) is 4.71. The lowest BCUT2D eigenvalue weighted by atomic mass is 9.94. The van der Waals surface area contributed by atoms with Crippen molar-refractivity contribution in [3.05, 3.63) is 12.7 Å². The van der Waals surface area contributed by atoms with Crippen molar-refractivity contribution in [2.45, 2.75) is 45.1 Å². The largest absolute Gasteiger partial charge is 0.481 e. The van der Waals surface area contributed by atoms with Gasteiger partial charge in [-0.1, -0.05) is 32.3 Å². The summed E-state index contributed by atoms with van der Waals surface area (Å²) >= 11 is 0. The van der Waals surface area contributed by atoms with E-state index in [0.717, 1.165) is 19.3 Å². The molecule has 0 bridgehead atoms. The van der Waals surface area contributed by atoms with Gasteiger partial charge in [0.25, 0.3) is 0 Å². The van der Waals surface area contributed by atoms with Gasteiger partial charge in [-0.15, -0.1) is 6.58 Å². The number of allylic oxidation sites excluding steroid dienone is 1. The van der Waals surface area contributed by atoms with E-state index in [1.807, 2.05) is 0 Å². The van der Waals surface area contributed by atoms with Crippen LogP contribution in [-0.4, -0.2) is 22.3 Å². The molecule has 2 unspecified atom stereocenters. The highest BCUT2D eigenvalue weighted by Gasteiger charge is 2.24. The summed E-state index contributed by atoms with van der Waals surface area (Å²) in [5.74, 6) is -1.63. The van der Waals surface area contributed by atoms with Gasteiger partial charge in [0.2, 0.25) is 0 Å². The van der Waals surface area contributed by atoms with Crippen LogP contribution in [0.25, 0.3) is 0 Å².